The fraction of sp³-hybridized carbons (Fsp3) is 0.0625. The summed E-state index contributed by atoms with van der Waals surface area (Å²) in [6, 6.07) is 15.3. The molecular weight excluding hydrogens is 332 g/mol. The highest BCUT2D eigenvalue weighted by Gasteiger charge is 2.15. The van der Waals surface area contributed by atoms with Gasteiger partial charge in [-0.3, -0.25) is 0 Å². The molecule has 0 saturated heterocycles. The van der Waals surface area contributed by atoms with E-state index < -0.39 is 0 Å². The van der Waals surface area contributed by atoms with Gasteiger partial charge in [0.25, 0.3) is 0 Å². The van der Waals surface area contributed by atoms with Gasteiger partial charge in [-0.2, -0.15) is 9.61 Å². The van der Waals surface area contributed by atoms with E-state index in [2.05, 4.69) is 15.3 Å². The Bertz CT molecular complexity index is 995. The van der Waals surface area contributed by atoms with Crippen molar-refractivity contribution in [3.8, 4) is 27.7 Å². The highest BCUT2D eigenvalue weighted by Crippen LogP contribution is 2.30. The lowest BCUT2D eigenvalue weighted by atomic mass is 10.2. The summed E-state index contributed by atoms with van der Waals surface area (Å²) >= 11 is 7.53. The van der Waals surface area contributed by atoms with Gasteiger partial charge in [-0.05, 0) is 24.3 Å². The van der Waals surface area contributed by atoms with Crippen LogP contribution in [-0.2, 0) is 0 Å². The fourth-order valence-electron chi connectivity index (χ4n) is 2.30. The number of rotatable bonds is 3. The van der Waals surface area contributed by atoms with Crippen molar-refractivity contribution in [1.29, 1.82) is 0 Å². The first-order valence-corrected chi connectivity index (χ1v) is 8.06. The van der Waals surface area contributed by atoms with Crippen LogP contribution in [0.2, 0.25) is 5.02 Å². The van der Waals surface area contributed by atoms with Crippen LogP contribution in [0.4, 0.5) is 0 Å². The molecule has 23 heavy (non-hydrogen) atoms. The van der Waals surface area contributed by atoms with E-state index in [1.54, 1.807) is 11.6 Å². The van der Waals surface area contributed by atoms with Crippen molar-refractivity contribution in [3.05, 3.63) is 53.6 Å². The number of fused-ring (bicyclic) bond motifs is 1. The molecule has 0 atom stereocenters. The SMILES string of the molecule is COc1cccc(-c2nnc3sc(-c4cccc(Cl)c4)nn23)c1. The Balaban J connectivity index is 1.83. The second kappa shape index (κ2) is 5.64. The maximum atomic E-state index is 6.06. The molecule has 0 aliphatic rings. The molecule has 7 heteroatoms. The molecule has 4 aromatic rings. The number of hydrogen-bond acceptors (Lipinski definition) is 5. The molecule has 0 amide bonds. The lowest BCUT2D eigenvalue weighted by molar-refractivity contribution is 0.415. The zero-order valence-corrected chi connectivity index (χ0v) is 13.7. The molecule has 0 aliphatic heterocycles. The quantitative estimate of drug-likeness (QED) is 0.560. The average molecular weight is 343 g/mol. The van der Waals surface area contributed by atoms with Gasteiger partial charge in [0.1, 0.15) is 10.8 Å². The molecule has 0 N–H and O–H groups in total. The Morgan fingerprint density at radius 1 is 1.04 bits per heavy atom. The first kappa shape index (κ1) is 14.2. The van der Waals surface area contributed by atoms with Gasteiger partial charge in [0, 0.05) is 16.1 Å². The number of methoxy groups -OCH3 is 1. The van der Waals surface area contributed by atoms with Gasteiger partial charge in [-0.25, -0.2) is 0 Å². The predicted octanol–water partition coefficient (Wildman–Crippen LogP) is 4.18. The Hall–Kier alpha value is -2.44. The lowest BCUT2D eigenvalue weighted by Crippen LogP contribution is -1.92. The van der Waals surface area contributed by atoms with E-state index in [-0.39, 0.29) is 0 Å². The molecule has 0 fully saturated rings. The standard InChI is InChI=1S/C16H11ClN4OS/c1-22-13-7-3-4-10(9-13)14-18-19-16-21(14)20-15(23-16)11-5-2-6-12(17)8-11/h2-9H,1H3. The first-order valence-electron chi connectivity index (χ1n) is 6.87. The van der Waals surface area contributed by atoms with Crippen LogP contribution in [0.5, 0.6) is 5.75 Å². The van der Waals surface area contributed by atoms with Crippen LogP contribution in [0, 0.1) is 0 Å². The minimum absolute atomic E-state index is 0.682. The molecule has 2 aromatic carbocycles. The van der Waals surface area contributed by atoms with E-state index in [4.69, 9.17) is 16.3 Å². The molecule has 0 spiro atoms. The summed E-state index contributed by atoms with van der Waals surface area (Å²) in [6.07, 6.45) is 0. The molecule has 2 heterocycles. The van der Waals surface area contributed by atoms with Crippen molar-refractivity contribution in [2.45, 2.75) is 0 Å². The molecule has 0 unspecified atom stereocenters. The summed E-state index contributed by atoms with van der Waals surface area (Å²) in [5.74, 6) is 1.45. The second-order valence-electron chi connectivity index (χ2n) is 4.87. The topological polar surface area (TPSA) is 52.3 Å². The van der Waals surface area contributed by atoms with Crippen LogP contribution >= 0.6 is 22.9 Å². The van der Waals surface area contributed by atoms with E-state index in [1.807, 2.05) is 48.5 Å². The summed E-state index contributed by atoms with van der Waals surface area (Å²) in [6.45, 7) is 0. The second-order valence-corrected chi connectivity index (χ2v) is 6.26. The number of halogens is 1. The van der Waals surface area contributed by atoms with Gasteiger partial charge in [0.2, 0.25) is 4.96 Å². The molecule has 0 bridgehead atoms. The highest BCUT2D eigenvalue weighted by molar-refractivity contribution is 7.19. The van der Waals surface area contributed by atoms with Gasteiger partial charge in [-0.1, -0.05) is 47.2 Å². The van der Waals surface area contributed by atoms with Crippen molar-refractivity contribution in [3.63, 3.8) is 0 Å². The van der Waals surface area contributed by atoms with Crippen LogP contribution < -0.4 is 4.74 Å². The van der Waals surface area contributed by atoms with Gasteiger partial charge in [0.15, 0.2) is 5.82 Å². The van der Waals surface area contributed by atoms with E-state index in [9.17, 15) is 0 Å². The zero-order valence-electron chi connectivity index (χ0n) is 12.1. The van der Waals surface area contributed by atoms with Crippen molar-refractivity contribution in [2.24, 2.45) is 0 Å². The van der Waals surface area contributed by atoms with Crippen molar-refractivity contribution in [1.82, 2.24) is 19.8 Å². The molecule has 0 saturated carbocycles. The Morgan fingerprint density at radius 2 is 1.87 bits per heavy atom. The molecule has 0 radical (unpaired) electrons. The van der Waals surface area contributed by atoms with E-state index in [0.29, 0.717) is 10.8 Å². The predicted molar refractivity (Wildman–Crippen MR) is 91.1 cm³/mol. The molecular formula is C16H11ClN4OS. The summed E-state index contributed by atoms with van der Waals surface area (Å²) in [4.78, 5) is 0.734. The van der Waals surface area contributed by atoms with Crippen LogP contribution in [0.15, 0.2) is 48.5 Å². The smallest absolute Gasteiger partial charge is 0.235 e. The number of hydrogen-bond donors (Lipinski definition) is 0. The summed E-state index contributed by atoms with van der Waals surface area (Å²) < 4.78 is 7.01. The van der Waals surface area contributed by atoms with Crippen LogP contribution in [0.25, 0.3) is 26.9 Å². The van der Waals surface area contributed by atoms with Gasteiger partial charge in [-0.15, -0.1) is 10.2 Å². The van der Waals surface area contributed by atoms with Gasteiger partial charge < -0.3 is 4.74 Å². The number of aromatic nitrogens is 4. The van der Waals surface area contributed by atoms with Crippen molar-refractivity contribution < 1.29 is 4.74 Å². The summed E-state index contributed by atoms with van der Waals surface area (Å²) in [5.41, 5.74) is 1.87. The molecule has 114 valence electrons. The monoisotopic (exact) mass is 342 g/mol. The van der Waals surface area contributed by atoms with E-state index in [1.165, 1.54) is 11.3 Å². The molecule has 5 nitrogen and oxygen atoms in total. The van der Waals surface area contributed by atoms with Crippen LogP contribution in [0.1, 0.15) is 0 Å². The fourth-order valence-corrected chi connectivity index (χ4v) is 3.32. The number of nitrogens with zero attached hydrogens (tertiary/aromatic N) is 4. The lowest BCUT2D eigenvalue weighted by Gasteiger charge is -2.01. The van der Waals surface area contributed by atoms with Crippen LogP contribution in [0.3, 0.4) is 0 Å². The minimum atomic E-state index is 0.682. The van der Waals surface area contributed by atoms with E-state index >= 15 is 0 Å². The summed E-state index contributed by atoms with van der Waals surface area (Å²) in [7, 11) is 1.64. The zero-order chi connectivity index (χ0) is 15.8. The third-order valence-electron chi connectivity index (χ3n) is 3.39. The maximum Gasteiger partial charge on any atom is 0.235 e. The third-order valence-corrected chi connectivity index (χ3v) is 4.57. The van der Waals surface area contributed by atoms with Crippen LogP contribution in [-0.4, -0.2) is 26.9 Å². The van der Waals surface area contributed by atoms with Crippen molar-refractivity contribution >= 4 is 27.9 Å². The Labute approximate surface area is 141 Å². The van der Waals surface area contributed by atoms with Crippen molar-refractivity contribution in [2.75, 3.05) is 7.11 Å². The van der Waals surface area contributed by atoms with Gasteiger partial charge in [0.05, 0.1) is 7.11 Å². The third kappa shape index (κ3) is 2.56. The average Bonchev–Trinajstić information content (AvgIpc) is 3.15. The first-order chi connectivity index (χ1) is 11.2. The maximum absolute atomic E-state index is 6.06. The summed E-state index contributed by atoms with van der Waals surface area (Å²) in [5, 5.41) is 14.6. The largest absolute Gasteiger partial charge is 0.497 e. The molecule has 0 aliphatic carbocycles. The number of benzene rings is 2. The Kier molecular flexibility index (Phi) is 3.48. The molecule has 2 aromatic heterocycles. The minimum Gasteiger partial charge on any atom is -0.497 e. The number of ether oxygens (including phenoxy) is 1. The molecule has 4 rings (SSSR count). The highest BCUT2D eigenvalue weighted by atomic mass is 35.5. The van der Waals surface area contributed by atoms with E-state index in [0.717, 1.165) is 26.8 Å². The van der Waals surface area contributed by atoms with Gasteiger partial charge >= 0.3 is 0 Å². The normalized spacial score (nSPS) is 11.0. The Morgan fingerprint density at radius 3 is 2.70 bits per heavy atom.